The number of imidazole rings is 1. The number of fused-ring (bicyclic) bond motifs is 1. The van der Waals surface area contributed by atoms with Crippen molar-refractivity contribution in [2.24, 2.45) is 4.99 Å². The van der Waals surface area contributed by atoms with Crippen LogP contribution in [0.4, 0.5) is 5.95 Å². The van der Waals surface area contributed by atoms with Gasteiger partial charge in [0.05, 0.1) is 25.4 Å². The van der Waals surface area contributed by atoms with Crippen LogP contribution in [-0.2, 0) is 9.16 Å². The lowest BCUT2D eigenvalue weighted by molar-refractivity contribution is -0.0405. The van der Waals surface area contributed by atoms with Crippen molar-refractivity contribution < 1.29 is 14.3 Å². The van der Waals surface area contributed by atoms with E-state index in [2.05, 4.69) is 53.8 Å². The standard InChI is InChI=1S/C19H32N6O4Si/c1-19(2,3)30(6,7)28-9-13-12(26)8-14(29-13)25-11-20-15-16(25)22-18(23-17(15)27)21-10-24(4)5/h10-14,26H,8-9H2,1-7H3,(H,22,23,27)/t12?,13-,14-/m1/s1. The predicted octanol–water partition coefficient (Wildman–Crippen LogP) is 2.01. The van der Waals surface area contributed by atoms with Gasteiger partial charge >= 0.3 is 0 Å². The molecule has 0 aliphatic carbocycles. The van der Waals surface area contributed by atoms with Crippen molar-refractivity contribution in [1.29, 1.82) is 0 Å². The molecule has 1 fully saturated rings. The van der Waals surface area contributed by atoms with Gasteiger partial charge in [-0.2, -0.15) is 4.98 Å². The van der Waals surface area contributed by atoms with E-state index in [0.717, 1.165) is 0 Å². The predicted molar refractivity (Wildman–Crippen MR) is 118 cm³/mol. The third kappa shape index (κ3) is 4.64. The summed E-state index contributed by atoms with van der Waals surface area (Å²) in [6, 6.07) is 0. The van der Waals surface area contributed by atoms with Crippen molar-refractivity contribution in [3.63, 3.8) is 0 Å². The molecule has 0 bridgehead atoms. The summed E-state index contributed by atoms with van der Waals surface area (Å²) in [5.41, 5.74) is 0.201. The molecule has 0 saturated carbocycles. The molecule has 1 unspecified atom stereocenters. The van der Waals surface area contributed by atoms with Crippen LogP contribution in [0.15, 0.2) is 16.1 Å². The summed E-state index contributed by atoms with van der Waals surface area (Å²) < 4.78 is 14.0. The maximum absolute atomic E-state index is 12.3. The number of nitrogens with zero attached hydrogens (tertiary/aromatic N) is 5. The van der Waals surface area contributed by atoms with E-state index >= 15 is 0 Å². The van der Waals surface area contributed by atoms with E-state index < -0.39 is 26.8 Å². The first-order valence-electron chi connectivity index (χ1n) is 10.0. The number of rotatable bonds is 6. The number of nitrogens with one attached hydrogen (secondary N) is 1. The molecular formula is C19H32N6O4Si. The number of H-pyrrole nitrogens is 1. The number of hydrogen-bond donors (Lipinski definition) is 2. The van der Waals surface area contributed by atoms with Crippen molar-refractivity contribution in [3.8, 4) is 0 Å². The van der Waals surface area contributed by atoms with Crippen LogP contribution in [0.3, 0.4) is 0 Å². The molecular weight excluding hydrogens is 404 g/mol. The van der Waals surface area contributed by atoms with Crippen molar-refractivity contribution in [2.45, 2.75) is 63.8 Å². The maximum atomic E-state index is 12.3. The lowest BCUT2D eigenvalue weighted by atomic mass is 10.2. The van der Waals surface area contributed by atoms with Gasteiger partial charge in [0, 0.05) is 20.5 Å². The molecule has 0 radical (unpaired) electrons. The highest BCUT2D eigenvalue weighted by Crippen LogP contribution is 2.38. The summed E-state index contributed by atoms with van der Waals surface area (Å²) >= 11 is 0. The quantitative estimate of drug-likeness (QED) is 0.404. The Morgan fingerprint density at radius 3 is 2.80 bits per heavy atom. The number of aliphatic hydroxyl groups excluding tert-OH is 1. The Bertz CT molecular complexity index is 978. The Hall–Kier alpha value is -2.08. The molecule has 3 atom stereocenters. The van der Waals surface area contributed by atoms with Gasteiger partial charge in [0.25, 0.3) is 5.56 Å². The van der Waals surface area contributed by atoms with Crippen LogP contribution < -0.4 is 5.56 Å². The van der Waals surface area contributed by atoms with E-state index in [1.807, 2.05) is 14.1 Å². The zero-order valence-corrected chi connectivity index (χ0v) is 19.7. The number of ether oxygens (including phenoxy) is 1. The first-order valence-corrected chi connectivity index (χ1v) is 12.9. The van der Waals surface area contributed by atoms with Gasteiger partial charge in [-0.15, -0.1) is 0 Å². The van der Waals surface area contributed by atoms with Crippen LogP contribution in [0.25, 0.3) is 11.2 Å². The highest BCUT2D eigenvalue weighted by molar-refractivity contribution is 6.74. The topological polar surface area (TPSA) is 118 Å². The summed E-state index contributed by atoms with van der Waals surface area (Å²) in [5.74, 6) is 0.180. The zero-order valence-electron chi connectivity index (χ0n) is 18.7. The molecule has 10 nitrogen and oxygen atoms in total. The average molecular weight is 437 g/mol. The first-order chi connectivity index (χ1) is 13.9. The second-order valence-electron chi connectivity index (χ2n) is 9.43. The molecule has 11 heteroatoms. The van der Waals surface area contributed by atoms with Crippen LogP contribution in [0.2, 0.25) is 18.1 Å². The molecule has 1 saturated heterocycles. The highest BCUT2D eigenvalue weighted by Gasteiger charge is 2.41. The van der Waals surface area contributed by atoms with E-state index in [1.165, 1.54) is 6.33 Å². The molecule has 0 spiro atoms. The smallest absolute Gasteiger partial charge is 0.280 e. The Balaban J connectivity index is 1.80. The second kappa shape index (κ2) is 8.21. The van der Waals surface area contributed by atoms with Crippen LogP contribution in [0.5, 0.6) is 0 Å². The zero-order chi connectivity index (χ0) is 22.3. The molecule has 1 aliphatic heterocycles. The highest BCUT2D eigenvalue weighted by atomic mass is 28.4. The summed E-state index contributed by atoms with van der Waals surface area (Å²) in [4.78, 5) is 29.4. The monoisotopic (exact) mass is 436 g/mol. The van der Waals surface area contributed by atoms with Crippen LogP contribution in [0, 0.1) is 0 Å². The van der Waals surface area contributed by atoms with Crippen molar-refractivity contribution in [2.75, 3.05) is 20.7 Å². The third-order valence-corrected chi connectivity index (χ3v) is 10.3. The second-order valence-corrected chi connectivity index (χ2v) is 14.2. The lowest BCUT2D eigenvalue weighted by Gasteiger charge is -2.37. The fourth-order valence-electron chi connectivity index (χ4n) is 2.90. The van der Waals surface area contributed by atoms with Gasteiger partial charge in [0.15, 0.2) is 19.5 Å². The SMILES string of the molecule is CN(C)C=Nc1nc2c(ncn2[C@H]2CC(O)[C@@H](CO[Si](C)(C)C(C)(C)C)O2)c(=O)[nH]1. The number of aromatic amines is 1. The summed E-state index contributed by atoms with van der Waals surface area (Å²) in [5, 5.41) is 10.6. The minimum absolute atomic E-state index is 0.0743. The molecule has 1 aliphatic rings. The van der Waals surface area contributed by atoms with E-state index in [1.54, 1.807) is 15.8 Å². The maximum Gasteiger partial charge on any atom is 0.280 e. The van der Waals surface area contributed by atoms with Crippen molar-refractivity contribution in [3.05, 3.63) is 16.7 Å². The van der Waals surface area contributed by atoms with Crippen LogP contribution in [-0.4, -0.2) is 77.1 Å². The molecule has 166 valence electrons. The van der Waals surface area contributed by atoms with E-state index in [4.69, 9.17) is 9.16 Å². The number of hydrogen-bond acceptors (Lipinski definition) is 7. The Morgan fingerprint density at radius 2 is 2.17 bits per heavy atom. The van der Waals surface area contributed by atoms with Gasteiger partial charge < -0.3 is 19.2 Å². The Morgan fingerprint density at radius 1 is 1.47 bits per heavy atom. The third-order valence-electron chi connectivity index (χ3n) is 5.76. The minimum Gasteiger partial charge on any atom is -0.414 e. The molecule has 0 amide bonds. The number of aromatic nitrogens is 4. The number of aliphatic imine (C=N–C) groups is 1. The number of aliphatic hydroxyl groups is 1. The van der Waals surface area contributed by atoms with Crippen LogP contribution >= 0.6 is 0 Å². The molecule has 3 heterocycles. The van der Waals surface area contributed by atoms with Gasteiger partial charge in [0.1, 0.15) is 12.3 Å². The van der Waals surface area contributed by atoms with E-state index in [0.29, 0.717) is 18.7 Å². The van der Waals surface area contributed by atoms with Crippen molar-refractivity contribution >= 4 is 31.8 Å². The molecule has 30 heavy (non-hydrogen) atoms. The summed E-state index contributed by atoms with van der Waals surface area (Å²) in [6.07, 6.45) is 1.82. The largest absolute Gasteiger partial charge is 0.414 e. The van der Waals surface area contributed by atoms with E-state index in [9.17, 15) is 9.90 Å². The molecule has 2 aromatic rings. The van der Waals surface area contributed by atoms with Gasteiger partial charge in [-0.05, 0) is 18.1 Å². The van der Waals surface area contributed by atoms with Crippen molar-refractivity contribution in [1.82, 2.24) is 24.4 Å². The van der Waals surface area contributed by atoms with E-state index in [-0.39, 0.29) is 22.1 Å². The average Bonchev–Trinajstić information content (AvgIpc) is 3.21. The fourth-order valence-corrected chi connectivity index (χ4v) is 3.91. The molecule has 2 N–H and O–H groups in total. The first kappa shape index (κ1) is 22.6. The Labute approximate surface area is 177 Å². The molecule has 2 aromatic heterocycles. The van der Waals surface area contributed by atoms with Gasteiger partial charge in [0.2, 0.25) is 5.95 Å². The molecule has 0 aromatic carbocycles. The summed E-state index contributed by atoms with van der Waals surface area (Å²) in [7, 11) is 1.69. The van der Waals surface area contributed by atoms with Gasteiger partial charge in [-0.1, -0.05) is 20.8 Å². The minimum atomic E-state index is -1.96. The van der Waals surface area contributed by atoms with Gasteiger partial charge in [-0.25, -0.2) is 9.98 Å². The fraction of sp³-hybridized carbons (Fsp3) is 0.684. The van der Waals surface area contributed by atoms with Gasteiger partial charge in [-0.3, -0.25) is 14.3 Å². The Kier molecular flexibility index (Phi) is 6.19. The van der Waals surface area contributed by atoms with Crippen LogP contribution in [0.1, 0.15) is 33.4 Å². The summed E-state index contributed by atoms with van der Waals surface area (Å²) in [6.45, 7) is 11.2. The molecule has 3 rings (SSSR count). The lowest BCUT2D eigenvalue weighted by Crippen LogP contribution is -2.43. The normalized spacial score (nSPS) is 23.0.